The molecule has 8 heteroatoms. The third-order valence-electron chi connectivity index (χ3n) is 4.07. The van der Waals surface area contributed by atoms with Crippen LogP contribution < -0.4 is 5.32 Å². The molecule has 0 saturated carbocycles. The van der Waals surface area contributed by atoms with Gasteiger partial charge in [-0.05, 0) is 30.9 Å². The van der Waals surface area contributed by atoms with Crippen molar-refractivity contribution in [2.24, 2.45) is 5.92 Å². The zero-order valence-electron chi connectivity index (χ0n) is 13.3. The van der Waals surface area contributed by atoms with Crippen LogP contribution in [0.3, 0.4) is 0 Å². The fourth-order valence-electron chi connectivity index (χ4n) is 2.79. The monoisotopic (exact) mass is 319 g/mol. The van der Waals surface area contributed by atoms with Crippen LogP contribution in [0.1, 0.15) is 37.0 Å². The summed E-state index contributed by atoms with van der Waals surface area (Å²) in [6, 6.07) is 2.56. The molecule has 1 fully saturated rings. The van der Waals surface area contributed by atoms with Gasteiger partial charge in [0.15, 0.2) is 0 Å². The Kier molecular flexibility index (Phi) is 5.73. The molecule has 1 saturated heterocycles. The van der Waals surface area contributed by atoms with Crippen molar-refractivity contribution in [3.63, 3.8) is 0 Å². The van der Waals surface area contributed by atoms with Gasteiger partial charge in [-0.2, -0.15) is 0 Å². The van der Waals surface area contributed by atoms with E-state index in [2.05, 4.69) is 10.3 Å². The molecule has 2 amide bonds. The van der Waals surface area contributed by atoms with E-state index in [-0.39, 0.29) is 17.7 Å². The second kappa shape index (κ2) is 7.56. The van der Waals surface area contributed by atoms with E-state index in [0.29, 0.717) is 18.5 Å². The fourth-order valence-corrected chi connectivity index (χ4v) is 2.79. The Balaban J connectivity index is 2.12. The molecule has 0 spiro atoms. The summed E-state index contributed by atoms with van der Waals surface area (Å²) >= 11 is 0. The first-order valence-corrected chi connectivity index (χ1v) is 7.79. The quantitative estimate of drug-likeness (QED) is 0.655. The van der Waals surface area contributed by atoms with Gasteiger partial charge < -0.3 is 20.3 Å². The van der Waals surface area contributed by atoms with E-state index in [4.69, 9.17) is 0 Å². The second-order valence-corrected chi connectivity index (χ2v) is 6.09. The van der Waals surface area contributed by atoms with Gasteiger partial charge in [-0.15, -0.1) is 0 Å². The highest BCUT2D eigenvalue weighted by molar-refractivity contribution is 6.43. The Labute approximate surface area is 135 Å². The van der Waals surface area contributed by atoms with Crippen molar-refractivity contribution >= 4 is 18.9 Å². The summed E-state index contributed by atoms with van der Waals surface area (Å²) in [6.45, 7) is 4.15. The number of pyridine rings is 1. The van der Waals surface area contributed by atoms with Crippen molar-refractivity contribution < 1.29 is 19.6 Å². The summed E-state index contributed by atoms with van der Waals surface area (Å²) in [5, 5.41) is 21.6. The van der Waals surface area contributed by atoms with Crippen LogP contribution in [0.5, 0.6) is 0 Å². The van der Waals surface area contributed by atoms with Crippen molar-refractivity contribution in [1.82, 2.24) is 15.2 Å². The molecule has 1 aromatic rings. The maximum Gasteiger partial charge on any atom is 0.475 e. The van der Waals surface area contributed by atoms with E-state index in [1.54, 1.807) is 18.3 Å². The van der Waals surface area contributed by atoms with Crippen molar-refractivity contribution in [2.45, 2.75) is 38.7 Å². The maximum atomic E-state index is 12.7. The molecule has 2 rings (SSSR count). The van der Waals surface area contributed by atoms with E-state index < -0.39 is 19.1 Å². The van der Waals surface area contributed by atoms with E-state index in [0.717, 1.165) is 6.42 Å². The molecule has 124 valence electrons. The van der Waals surface area contributed by atoms with E-state index in [1.807, 2.05) is 13.8 Å². The van der Waals surface area contributed by atoms with Crippen LogP contribution in [-0.2, 0) is 4.79 Å². The molecule has 0 aromatic carbocycles. The number of hydrogen-bond donors (Lipinski definition) is 3. The fraction of sp³-hybridized carbons (Fsp3) is 0.533. The van der Waals surface area contributed by atoms with Gasteiger partial charge >= 0.3 is 7.12 Å². The average Bonchev–Trinajstić information content (AvgIpc) is 3.02. The van der Waals surface area contributed by atoms with Gasteiger partial charge in [-0.3, -0.25) is 14.6 Å². The Bertz CT molecular complexity index is 553. The molecular weight excluding hydrogens is 297 g/mol. The summed E-state index contributed by atoms with van der Waals surface area (Å²) in [7, 11) is -1.57. The SMILES string of the molecule is CC(C)[C@@H](NC(=O)c1cccnc1)C(=O)N1CCC[C@H]1B(O)O. The van der Waals surface area contributed by atoms with Crippen LogP contribution in [0.2, 0.25) is 0 Å². The third kappa shape index (κ3) is 4.08. The number of hydrogen-bond acceptors (Lipinski definition) is 5. The highest BCUT2D eigenvalue weighted by Crippen LogP contribution is 2.21. The number of amides is 2. The van der Waals surface area contributed by atoms with Crippen molar-refractivity contribution in [3.05, 3.63) is 30.1 Å². The van der Waals surface area contributed by atoms with Crippen LogP contribution in [0.15, 0.2) is 24.5 Å². The molecule has 0 bridgehead atoms. The van der Waals surface area contributed by atoms with Gasteiger partial charge in [-0.1, -0.05) is 13.8 Å². The number of nitrogens with one attached hydrogen (secondary N) is 1. The van der Waals surface area contributed by atoms with Gasteiger partial charge in [0.05, 0.1) is 11.5 Å². The lowest BCUT2D eigenvalue weighted by Gasteiger charge is -2.30. The van der Waals surface area contributed by atoms with Crippen LogP contribution in [0.4, 0.5) is 0 Å². The van der Waals surface area contributed by atoms with Crippen LogP contribution >= 0.6 is 0 Å². The largest absolute Gasteiger partial charge is 0.475 e. The Morgan fingerprint density at radius 1 is 1.43 bits per heavy atom. The molecule has 2 heterocycles. The van der Waals surface area contributed by atoms with Crippen LogP contribution in [0.25, 0.3) is 0 Å². The number of nitrogens with zero attached hydrogens (tertiary/aromatic N) is 2. The standard InChI is InChI=1S/C15H22BN3O4/c1-10(2)13(18-14(20)11-5-3-7-17-9-11)15(21)19-8-4-6-12(19)16(22)23/h3,5,7,9-10,12-13,22-23H,4,6,8H2,1-2H3,(H,18,20)/t12-,13+/m0/s1. The minimum atomic E-state index is -1.57. The summed E-state index contributed by atoms with van der Waals surface area (Å²) in [5.74, 6) is -1.39. The first-order valence-electron chi connectivity index (χ1n) is 7.79. The summed E-state index contributed by atoms with van der Waals surface area (Å²) < 4.78 is 0. The number of carbonyl (C=O) groups is 2. The zero-order valence-corrected chi connectivity index (χ0v) is 13.3. The minimum Gasteiger partial charge on any atom is -0.426 e. The topological polar surface area (TPSA) is 103 Å². The van der Waals surface area contributed by atoms with Crippen molar-refractivity contribution in [3.8, 4) is 0 Å². The number of carbonyl (C=O) groups excluding carboxylic acids is 2. The predicted molar refractivity (Wildman–Crippen MR) is 85.3 cm³/mol. The molecule has 7 nitrogen and oxygen atoms in total. The highest BCUT2D eigenvalue weighted by Gasteiger charge is 2.40. The van der Waals surface area contributed by atoms with Gasteiger partial charge in [0.2, 0.25) is 5.91 Å². The van der Waals surface area contributed by atoms with E-state index >= 15 is 0 Å². The second-order valence-electron chi connectivity index (χ2n) is 6.09. The molecule has 23 heavy (non-hydrogen) atoms. The lowest BCUT2D eigenvalue weighted by atomic mass is 9.77. The normalized spacial score (nSPS) is 18.8. The molecular formula is C15H22BN3O4. The summed E-state index contributed by atoms with van der Waals surface area (Å²) in [4.78, 5) is 30.4. The van der Waals surface area contributed by atoms with Gasteiger partial charge in [0.25, 0.3) is 5.91 Å². The predicted octanol–water partition coefficient (Wildman–Crippen LogP) is -0.161. The Morgan fingerprint density at radius 2 is 2.17 bits per heavy atom. The molecule has 3 N–H and O–H groups in total. The number of likely N-dealkylation sites (tertiary alicyclic amines) is 1. The number of aromatic nitrogens is 1. The van der Waals surface area contributed by atoms with E-state index in [9.17, 15) is 19.6 Å². The Hall–Kier alpha value is -1.93. The average molecular weight is 319 g/mol. The first-order chi connectivity index (χ1) is 10.9. The zero-order chi connectivity index (χ0) is 17.0. The van der Waals surface area contributed by atoms with Gasteiger partial charge in [0.1, 0.15) is 6.04 Å². The van der Waals surface area contributed by atoms with Gasteiger partial charge in [-0.25, -0.2) is 0 Å². The minimum absolute atomic E-state index is 0.125. The van der Waals surface area contributed by atoms with Crippen molar-refractivity contribution in [2.75, 3.05) is 6.54 Å². The summed E-state index contributed by atoms with van der Waals surface area (Å²) in [6.07, 6.45) is 4.27. The maximum absolute atomic E-state index is 12.7. The molecule has 0 unspecified atom stereocenters. The lowest BCUT2D eigenvalue weighted by molar-refractivity contribution is -0.134. The van der Waals surface area contributed by atoms with Crippen molar-refractivity contribution in [1.29, 1.82) is 0 Å². The molecule has 1 aromatic heterocycles. The van der Waals surface area contributed by atoms with E-state index in [1.165, 1.54) is 11.1 Å². The lowest BCUT2D eigenvalue weighted by Crippen LogP contribution is -2.55. The molecule has 0 radical (unpaired) electrons. The van der Waals surface area contributed by atoms with Crippen LogP contribution in [0, 0.1) is 5.92 Å². The molecule has 2 atom stereocenters. The first kappa shape index (κ1) is 17.4. The summed E-state index contributed by atoms with van der Waals surface area (Å²) in [5.41, 5.74) is 0.381. The Morgan fingerprint density at radius 3 is 2.74 bits per heavy atom. The van der Waals surface area contributed by atoms with Crippen LogP contribution in [-0.4, -0.2) is 57.4 Å². The highest BCUT2D eigenvalue weighted by atomic mass is 16.4. The molecule has 0 aliphatic carbocycles. The molecule has 1 aliphatic rings. The third-order valence-corrected chi connectivity index (χ3v) is 4.07. The number of rotatable bonds is 5. The van der Waals surface area contributed by atoms with Gasteiger partial charge in [0, 0.05) is 18.9 Å². The smallest absolute Gasteiger partial charge is 0.426 e. The molecule has 1 aliphatic heterocycles.